The quantitative estimate of drug-likeness (QED) is 0.285. The van der Waals surface area contributed by atoms with Crippen molar-refractivity contribution in [2.45, 2.75) is 44.5 Å². The van der Waals surface area contributed by atoms with E-state index in [0.29, 0.717) is 31.7 Å². The number of likely N-dealkylation sites (tertiary alicyclic amines) is 1. The maximum atomic E-state index is 13.8. The van der Waals surface area contributed by atoms with E-state index in [1.54, 1.807) is 22.4 Å². The molecule has 2 unspecified atom stereocenters. The average molecular weight is 558 g/mol. The van der Waals surface area contributed by atoms with Gasteiger partial charge in [-0.15, -0.1) is 11.3 Å². The van der Waals surface area contributed by atoms with E-state index in [1.165, 1.54) is 0 Å². The fourth-order valence-electron chi connectivity index (χ4n) is 4.88. The van der Waals surface area contributed by atoms with Crippen LogP contribution in [-0.2, 0) is 33.9 Å². The highest BCUT2D eigenvalue weighted by Crippen LogP contribution is 2.28. The van der Waals surface area contributed by atoms with Crippen LogP contribution in [0.25, 0.3) is 10.1 Å². The van der Waals surface area contributed by atoms with Crippen LogP contribution in [0, 0.1) is 0 Å². The molecule has 9 nitrogen and oxygen atoms in total. The van der Waals surface area contributed by atoms with Crippen LogP contribution in [0.3, 0.4) is 0 Å². The van der Waals surface area contributed by atoms with Crippen LogP contribution < -0.4 is 16.4 Å². The molecule has 2 aromatic heterocycles. The topological polar surface area (TPSA) is 127 Å². The molecule has 4 N–H and O–H groups in total. The van der Waals surface area contributed by atoms with Crippen LogP contribution in [0.5, 0.6) is 0 Å². The van der Waals surface area contributed by atoms with Crippen molar-refractivity contribution in [1.82, 2.24) is 20.5 Å². The summed E-state index contributed by atoms with van der Waals surface area (Å²) in [7, 11) is 0. The van der Waals surface area contributed by atoms with Crippen LogP contribution in [0.4, 0.5) is 10.6 Å². The zero-order valence-corrected chi connectivity index (χ0v) is 22.7. The Balaban J connectivity index is 1.25. The first-order chi connectivity index (χ1) is 19.5. The number of ether oxygens (including phenoxy) is 1. The lowest BCUT2D eigenvalue weighted by Gasteiger charge is -2.28. The van der Waals surface area contributed by atoms with E-state index in [4.69, 9.17) is 10.5 Å². The number of hydrogen-bond donors (Lipinski definition) is 3. The van der Waals surface area contributed by atoms with Gasteiger partial charge in [-0.3, -0.25) is 9.59 Å². The lowest BCUT2D eigenvalue weighted by Crippen LogP contribution is -2.54. The number of pyridine rings is 1. The minimum atomic E-state index is -0.878. The van der Waals surface area contributed by atoms with Gasteiger partial charge in [-0.1, -0.05) is 60.7 Å². The predicted octanol–water partition coefficient (Wildman–Crippen LogP) is 4.02. The van der Waals surface area contributed by atoms with Gasteiger partial charge in [0.15, 0.2) is 0 Å². The molecule has 0 saturated carbocycles. The molecular weight excluding hydrogens is 526 g/mol. The van der Waals surface area contributed by atoms with Crippen LogP contribution in [0.2, 0.25) is 0 Å². The Labute approximate surface area is 236 Å². The summed E-state index contributed by atoms with van der Waals surface area (Å²) in [6.45, 7) is 0.856. The van der Waals surface area contributed by atoms with Crippen LogP contribution in [0.1, 0.15) is 28.8 Å². The van der Waals surface area contributed by atoms with E-state index in [0.717, 1.165) is 26.1 Å². The van der Waals surface area contributed by atoms with Crippen LogP contribution >= 0.6 is 11.3 Å². The van der Waals surface area contributed by atoms with E-state index in [1.807, 2.05) is 72.8 Å². The van der Waals surface area contributed by atoms with Gasteiger partial charge in [-0.05, 0) is 36.1 Å². The van der Waals surface area contributed by atoms with Gasteiger partial charge in [-0.25, -0.2) is 9.78 Å². The monoisotopic (exact) mass is 557 g/mol. The third-order valence-corrected chi connectivity index (χ3v) is 7.99. The third kappa shape index (κ3) is 6.58. The molecule has 10 heteroatoms. The highest BCUT2D eigenvalue weighted by molar-refractivity contribution is 7.19. The molecule has 1 aliphatic heterocycles. The van der Waals surface area contributed by atoms with Crippen molar-refractivity contribution in [2.24, 2.45) is 0 Å². The van der Waals surface area contributed by atoms with Crippen molar-refractivity contribution in [1.29, 1.82) is 0 Å². The first-order valence-corrected chi connectivity index (χ1v) is 14.0. The maximum Gasteiger partial charge on any atom is 0.408 e. The molecule has 2 aromatic carbocycles. The Morgan fingerprint density at radius 1 is 1.05 bits per heavy atom. The molecule has 1 fully saturated rings. The molecule has 40 heavy (non-hydrogen) atoms. The molecule has 1 aliphatic rings. The zero-order valence-electron chi connectivity index (χ0n) is 21.9. The minimum Gasteiger partial charge on any atom is -0.445 e. The molecular formula is C30H31N5O4S. The number of nitrogens with zero attached hydrogens (tertiary/aromatic N) is 2. The summed E-state index contributed by atoms with van der Waals surface area (Å²) < 4.78 is 6.40. The summed E-state index contributed by atoms with van der Waals surface area (Å²) in [6.07, 6.45) is 2.51. The number of nitrogen functional groups attached to an aromatic ring is 1. The fraction of sp³-hybridized carbons (Fsp3) is 0.267. The van der Waals surface area contributed by atoms with Crippen LogP contribution in [-0.4, -0.2) is 46.4 Å². The summed E-state index contributed by atoms with van der Waals surface area (Å²) in [4.78, 5) is 46.3. The largest absolute Gasteiger partial charge is 0.445 e. The first kappa shape index (κ1) is 27.1. The summed E-state index contributed by atoms with van der Waals surface area (Å²) >= 11 is 1.54. The lowest BCUT2D eigenvalue weighted by atomic mass is 10.0. The van der Waals surface area contributed by atoms with Crippen molar-refractivity contribution in [3.8, 4) is 0 Å². The minimum absolute atomic E-state index is 0.0904. The predicted molar refractivity (Wildman–Crippen MR) is 154 cm³/mol. The van der Waals surface area contributed by atoms with E-state index < -0.39 is 18.2 Å². The van der Waals surface area contributed by atoms with Crippen molar-refractivity contribution < 1.29 is 19.1 Å². The van der Waals surface area contributed by atoms with Crippen molar-refractivity contribution >= 4 is 45.1 Å². The molecule has 1 saturated heterocycles. The van der Waals surface area contributed by atoms with E-state index in [2.05, 4.69) is 15.6 Å². The van der Waals surface area contributed by atoms with Crippen molar-refractivity contribution in [3.63, 3.8) is 0 Å². The molecule has 3 heterocycles. The first-order valence-electron chi connectivity index (χ1n) is 13.2. The number of carbonyl (C=O) groups excluding carboxylic acids is 3. The molecule has 5 rings (SSSR count). The number of benzene rings is 2. The maximum absolute atomic E-state index is 13.8. The Morgan fingerprint density at radius 2 is 1.77 bits per heavy atom. The number of alkyl carbamates (subject to hydrolysis) is 1. The van der Waals surface area contributed by atoms with Gasteiger partial charge in [0.25, 0.3) is 0 Å². The van der Waals surface area contributed by atoms with Gasteiger partial charge in [0, 0.05) is 34.1 Å². The van der Waals surface area contributed by atoms with Gasteiger partial charge >= 0.3 is 6.09 Å². The van der Waals surface area contributed by atoms with E-state index in [-0.39, 0.29) is 24.8 Å². The zero-order chi connectivity index (χ0) is 27.9. The molecule has 0 spiro atoms. The Bertz CT molecular complexity index is 1480. The number of carbonyl (C=O) groups is 3. The second kappa shape index (κ2) is 12.6. The molecule has 3 amide bonds. The molecule has 0 radical (unpaired) electrons. The highest BCUT2D eigenvalue weighted by atomic mass is 32.1. The normalized spacial score (nSPS) is 15.5. The third-order valence-electron chi connectivity index (χ3n) is 6.89. The highest BCUT2D eigenvalue weighted by Gasteiger charge is 2.37. The summed E-state index contributed by atoms with van der Waals surface area (Å²) in [5, 5.41) is 6.59. The molecule has 0 bridgehead atoms. The van der Waals surface area contributed by atoms with E-state index in [9.17, 15) is 14.4 Å². The van der Waals surface area contributed by atoms with Crippen molar-refractivity contribution in [3.05, 3.63) is 95.0 Å². The van der Waals surface area contributed by atoms with Crippen molar-refractivity contribution in [2.75, 3.05) is 12.3 Å². The second-order valence-electron chi connectivity index (χ2n) is 9.68. The molecule has 206 valence electrons. The Morgan fingerprint density at radius 3 is 2.50 bits per heavy atom. The summed E-state index contributed by atoms with van der Waals surface area (Å²) in [5.74, 6) is -0.0727. The number of hydrogen-bond acceptors (Lipinski definition) is 7. The number of rotatable bonds is 9. The number of thiophene rings is 1. The standard InChI is InChI=1S/C30H31N5O4S/c31-27-23-17-22(40-26(23)13-14-32-27)18-33-28(36)25-12-7-15-35(25)29(37)24(16-20-8-3-1-4-9-20)34-30(38)39-19-21-10-5-2-6-11-21/h1-6,8-11,13-14,17,24-25H,7,12,15-16,18-19H2,(H2,31,32)(H,33,36)(H,34,38). The average Bonchev–Trinajstić information content (AvgIpc) is 3.64. The summed E-state index contributed by atoms with van der Waals surface area (Å²) in [5.41, 5.74) is 7.70. The van der Waals surface area contributed by atoms with Gasteiger partial charge in [0.1, 0.15) is 24.5 Å². The number of nitrogens with two attached hydrogens (primary N) is 1. The SMILES string of the molecule is Nc1nccc2sc(CNC(=O)C3CCCN3C(=O)C(Cc3ccccc3)NC(=O)OCc3ccccc3)cc12. The number of anilines is 1. The summed E-state index contributed by atoms with van der Waals surface area (Å²) in [6, 6.07) is 21.1. The van der Waals surface area contributed by atoms with Gasteiger partial charge in [0.2, 0.25) is 11.8 Å². The van der Waals surface area contributed by atoms with Crippen LogP contribution in [0.15, 0.2) is 79.0 Å². The van der Waals surface area contributed by atoms with Gasteiger partial charge in [0.05, 0.1) is 6.54 Å². The molecule has 2 atom stereocenters. The number of fused-ring (bicyclic) bond motifs is 1. The Hall–Kier alpha value is -4.44. The smallest absolute Gasteiger partial charge is 0.408 e. The number of amides is 3. The number of aromatic nitrogens is 1. The fourth-order valence-corrected chi connectivity index (χ4v) is 5.88. The molecule has 0 aliphatic carbocycles. The van der Waals surface area contributed by atoms with Gasteiger partial charge in [-0.2, -0.15) is 0 Å². The Kier molecular flexibility index (Phi) is 8.56. The second-order valence-corrected chi connectivity index (χ2v) is 10.8. The number of nitrogens with one attached hydrogen (secondary N) is 2. The molecule has 4 aromatic rings. The van der Waals surface area contributed by atoms with E-state index >= 15 is 0 Å². The van der Waals surface area contributed by atoms with Gasteiger partial charge < -0.3 is 26.0 Å². The lowest BCUT2D eigenvalue weighted by molar-refractivity contribution is -0.140.